The van der Waals surface area contributed by atoms with Crippen molar-refractivity contribution >= 4 is 51.9 Å². The Kier molecular flexibility index (Phi) is 8.30. The van der Waals surface area contributed by atoms with Crippen LogP contribution in [-0.4, -0.2) is 49.2 Å². The summed E-state index contributed by atoms with van der Waals surface area (Å²) < 4.78 is 0. The summed E-state index contributed by atoms with van der Waals surface area (Å²) in [5.74, 6) is 1.56. The second-order valence-electron chi connectivity index (χ2n) is 9.46. The van der Waals surface area contributed by atoms with E-state index in [-0.39, 0.29) is 11.3 Å². The fourth-order valence-electron chi connectivity index (χ4n) is 4.94. The van der Waals surface area contributed by atoms with Crippen molar-refractivity contribution in [1.29, 1.82) is 0 Å². The highest BCUT2D eigenvalue weighted by molar-refractivity contribution is 8.00. The van der Waals surface area contributed by atoms with Gasteiger partial charge < -0.3 is 15.1 Å². The van der Waals surface area contributed by atoms with Crippen LogP contribution in [0.4, 0.5) is 17.1 Å². The number of benzene rings is 3. The fraction of sp³-hybridized carbons (Fsp3) is 0.258. The van der Waals surface area contributed by atoms with Crippen molar-refractivity contribution in [3.8, 4) is 0 Å². The third-order valence-corrected chi connectivity index (χ3v) is 8.37. The van der Waals surface area contributed by atoms with Crippen LogP contribution in [0, 0.1) is 0 Å². The first-order valence-corrected chi connectivity index (χ1v) is 14.4. The zero-order valence-corrected chi connectivity index (χ0v) is 23.4. The Morgan fingerprint density at radius 2 is 1.74 bits per heavy atom. The van der Waals surface area contributed by atoms with E-state index in [0.717, 1.165) is 30.2 Å². The summed E-state index contributed by atoms with van der Waals surface area (Å²) in [7, 11) is 4.27. The van der Waals surface area contributed by atoms with E-state index < -0.39 is 0 Å². The van der Waals surface area contributed by atoms with Crippen LogP contribution in [-0.2, 0) is 4.79 Å². The summed E-state index contributed by atoms with van der Waals surface area (Å²) in [4.78, 5) is 20.4. The number of fused-ring (bicyclic) bond motifs is 2. The number of thioether (sulfide) groups is 1. The lowest BCUT2D eigenvalue weighted by Gasteiger charge is -2.38. The molecule has 1 N–H and O–H groups in total. The first-order valence-electron chi connectivity index (χ1n) is 13.0. The maximum absolute atomic E-state index is 12.1. The Bertz CT molecular complexity index is 1340. The minimum atomic E-state index is 0.0448. The molecule has 0 aliphatic carbocycles. The van der Waals surface area contributed by atoms with Crippen LogP contribution >= 0.6 is 23.4 Å². The van der Waals surface area contributed by atoms with Crippen LogP contribution in [0.25, 0.3) is 5.57 Å². The van der Waals surface area contributed by atoms with Gasteiger partial charge in [0.25, 0.3) is 0 Å². The quantitative estimate of drug-likeness (QED) is 0.303. The van der Waals surface area contributed by atoms with Gasteiger partial charge >= 0.3 is 0 Å². The van der Waals surface area contributed by atoms with E-state index in [1.54, 1.807) is 0 Å². The molecular formula is C31H33ClN4OS. The van der Waals surface area contributed by atoms with E-state index in [0.29, 0.717) is 18.8 Å². The van der Waals surface area contributed by atoms with Crippen molar-refractivity contribution < 1.29 is 4.79 Å². The Morgan fingerprint density at radius 3 is 2.50 bits per heavy atom. The largest absolute Gasteiger partial charge is 0.361 e. The summed E-state index contributed by atoms with van der Waals surface area (Å²) >= 11 is 7.59. The van der Waals surface area contributed by atoms with Crippen LogP contribution in [0.15, 0.2) is 102 Å². The Balaban J connectivity index is 1.48. The van der Waals surface area contributed by atoms with E-state index in [1.165, 1.54) is 21.7 Å². The number of rotatable bonds is 9. The van der Waals surface area contributed by atoms with Gasteiger partial charge in [-0.1, -0.05) is 60.3 Å². The number of nitrogens with zero attached hydrogens (tertiary/aromatic N) is 3. The molecule has 0 bridgehead atoms. The molecule has 1 unspecified atom stereocenters. The Morgan fingerprint density at radius 1 is 1.03 bits per heavy atom. The van der Waals surface area contributed by atoms with Gasteiger partial charge in [-0.15, -0.1) is 11.6 Å². The minimum absolute atomic E-state index is 0.0448. The molecule has 2 aliphatic rings. The predicted molar refractivity (Wildman–Crippen MR) is 161 cm³/mol. The number of para-hydroxylation sites is 3. The van der Waals surface area contributed by atoms with Crippen molar-refractivity contribution in [3.05, 3.63) is 102 Å². The van der Waals surface area contributed by atoms with Crippen LogP contribution in [0.1, 0.15) is 18.4 Å². The van der Waals surface area contributed by atoms with Crippen LogP contribution in [0.5, 0.6) is 0 Å². The number of hydrogen-bond donors (Lipinski definition) is 1. The third-order valence-electron chi connectivity index (χ3n) is 6.89. The van der Waals surface area contributed by atoms with Gasteiger partial charge in [-0.05, 0) is 54.5 Å². The fourth-order valence-corrected chi connectivity index (χ4v) is 6.28. The number of amides is 1. The van der Waals surface area contributed by atoms with Gasteiger partial charge in [0.1, 0.15) is 5.82 Å². The summed E-state index contributed by atoms with van der Waals surface area (Å²) in [6.45, 7) is 1.26. The average Bonchev–Trinajstić information content (AvgIpc) is 3.27. The molecule has 196 valence electrons. The van der Waals surface area contributed by atoms with Crippen LogP contribution in [0.3, 0.4) is 0 Å². The first kappa shape index (κ1) is 26.3. The van der Waals surface area contributed by atoms with Crippen molar-refractivity contribution in [3.63, 3.8) is 0 Å². The highest BCUT2D eigenvalue weighted by atomic mass is 35.5. The number of carbonyl (C=O) groups is 1. The molecule has 7 heteroatoms. The van der Waals surface area contributed by atoms with E-state index in [4.69, 9.17) is 11.6 Å². The van der Waals surface area contributed by atoms with Crippen molar-refractivity contribution in [2.45, 2.75) is 23.1 Å². The molecule has 1 atom stereocenters. The van der Waals surface area contributed by atoms with E-state index >= 15 is 0 Å². The smallest absolute Gasteiger partial charge is 0.220 e. The number of alkyl halides is 1. The number of hydrogen-bond acceptors (Lipinski definition) is 5. The number of allylic oxidation sites excluding steroid dienone is 2. The SMILES string of the molecule is CN(CCCC(=O)NCCCl)C1=CC(=CC2Sc3ccccc3N2C)c2ccccc2N1c1ccccc1. The second kappa shape index (κ2) is 12.0. The monoisotopic (exact) mass is 544 g/mol. The standard InChI is InChI=1S/C31H33ClN4OS/c1-34(20-10-17-29(37)33-19-18-32)30-21-23(22-31-35(2)27-15-8-9-16-28(27)38-31)25-13-6-7-14-26(25)36(30)24-11-4-3-5-12-24/h3-9,11-16,21-22,31H,10,17-20H2,1-2H3,(H,33,37). The topological polar surface area (TPSA) is 38.8 Å². The molecule has 0 aromatic heterocycles. The molecular weight excluding hydrogens is 512 g/mol. The molecule has 5 nitrogen and oxygen atoms in total. The van der Waals surface area contributed by atoms with Crippen molar-refractivity contribution in [1.82, 2.24) is 10.2 Å². The Labute approximate surface area is 234 Å². The minimum Gasteiger partial charge on any atom is -0.361 e. The van der Waals surface area contributed by atoms with Gasteiger partial charge in [-0.25, -0.2) is 0 Å². The van der Waals surface area contributed by atoms with Gasteiger partial charge in [-0.3, -0.25) is 9.69 Å². The average molecular weight is 545 g/mol. The molecule has 3 aromatic rings. The van der Waals surface area contributed by atoms with E-state index in [2.05, 4.69) is 119 Å². The third kappa shape index (κ3) is 5.57. The second-order valence-corrected chi connectivity index (χ2v) is 11.0. The van der Waals surface area contributed by atoms with Crippen molar-refractivity contribution in [2.75, 3.05) is 42.9 Å². The van der Waals surface area contributed by atoms with E-state index in [1.807, 2.05) is 17.8 Å². The van der Waals surface area contributed by atoms with Gasteiger partial charge in [0, 0.05) is 55.6 Å². The molecule has 3 aromatic carbocycles. The van der Waals surface area contributed by atoms with Gasteiger partial charge in [0.15, 0.2) is 0 Å². The van der Waals surface area contributed by atoms with Crippen LogP contribution < -0.4 is 15.1 Å². The summed E-state index contributed by atoms with van der Waals surface area (Å²) in [5, 5.41) is 3.06. The lowest BCUT2D eigenvalue weighted by atomic mass is 9.97. The maximum Gasteiger partial charge on any atom is 0.220 e. The maximum atomic E-state index is 12.1. The number of anilines is 3. The molecule has 1 amide bonds. The Hall–Kier alpha value is -3.35. The molecule has 2 heterocycles. The van der Waals surface area contributed by atoms with Crippen molar-refractivity contribution in [2.24, 2.45) is 0 Å². The highest BCUT2D eigenvalue weighted by Crippen LogP contribution is 2.46. The van der Waals surface area contributed by atoms with E-state index in [9.17, 15) is 4.79 Å². The van der Waals surface area contributed by atoms with Gasteiger partial charge in [-0.2, -0.15) is 0 Å². The summed E-state index contributed by atoms with van der Waals surface area (Å²) in [6, 6.07) is 27.7. The molecule has 38 heavy (non-hydrogen) atoms. The zero-order valence-electron chi connectivity index (χ0n) is 21.8. The number of carbonyl (C=O) groups excluding carboxylic acids is 1. The molecule has 5 rings (SSSR count). The summed E-state index contributed by atoms with van der Waals surface area (Å²) in [6.07, 6.45) is 5.89. The molecule has 0 radical (unpaired) electrons. The number of nitrogens with one attached hydrogen (secondary N) is 1. The first-order chi connectivity index (χ1) is 18.6. The lowest BCUT2D eigenvalue weighted by Crippen LogP contribution is -2.34. The molecule has 0 saturated carbocycles. The highest BCUT2D eigenvalue weighted by Gasteiger charge is 2.30. The van der Waals surface area contributed by atoms with Gasteiger partial charge in [0.05, 0.1) is 16.7 Å². The molecule has 2 aliphatic heterocycles. The van der Waals surface area contributed by atoms with Gasteiger partial charge in [0.2, 0.25) is 5.91 Å². The lowest BCUT2D eigenvalue weighted by molar-refractivity contribution is -0.121. The number of likely N-dealkylation sites (N-methyl/N-ethyl adjacent to an activating group) is 1. The number of halogens is 1. The molecule has 0 saturated heterocycles. The zero-order chi connectivity index (χ0) is 26.5. The molecule has 0 fully saturated rings. The molecule has 0 spiro atoms. The predicted octanol–water partition coefficient (Wildman–Crippen LogP) is 6.70. The normalized spacial score (nSPS) is 17.2. The summed E-state index contributed by atoms with van der Waals surface area (Å²) in [5.41, 5.74) is 5.93. The van der Waals surface area contributed by atoms with Crippen LogP contribution in [0.2, 0.25) is 0 Å².